The summed E-state index contributed by atoms with van der Waals surface area (Å²) in [5.41, 5.74) is 3.05. The topological polar surface area (TPSA) is 140 Å². The fraction of sp³-hybridized carbons (Fsp3) is 0.365. The van der Waals surface area contributed by atoms with Crippen LogP contribution in [0.1, 0.15) is 79.1 Å². The van der Waals surface area contributed by atoms with Gasteiger partial charge in [0.2, 0.25) is 5.56 Å². The zero-order chi connectivity index (χ0) is 42.7. The summed E-state index contributed by atoms with van der Waals surface area (Å²) < 4.78 is 1.97. The van der Waals surface area contributed by atoms with Gasteiger partial charge in [-0.3, -0.25) is 9.48 Å². The molecule has 1 saturated heterocycles. The van der Waals surface area contributed by atoms with Gasteiger partial charge in [-0.05, 0) is 115 Å². The molecule has 5 N–H and O–H groups in total. The Hall–Kier alpha value is -5.65. The number of aliphatic hydroxyl groups is 2. The molecule has 10 nitrogen and oxygen atoms in total. The SMILES string of the molecule is O=c1ccc2c([C@@H](O)CNCCc3ccc(CCN4CCC(Cn5cnc([C@](O)(c6ccccc6)C6CCCCC6)n5)CC4)cc3)ccc(O)c2[nH]1.c1ccc2ccccc2c1. The van der Waals surface area contributed by atoms with E-state index in [1.165, 1.54) is 40.5 Å². The van der Waals surface area contributed by atoms with Gasteiger partial charge in [0.15, 0.2) is 11.4 Å². The number of hydrogen-bond donors (Lipinski definition) is 5. The number of H-pyrrole nitrogens is 1. The number of likely N-dealkylation sites (tertiary alicyclic amines) is 1. The molecule has 9 rings (SSSR count). The molecule has 3 heterocycles. The Balaban J connectivity index is 0.000000461. The highest BCUT2D eigenvalue weighted by Crippen LogP contribution is 2.42. The first-order valence-corrected chi connectivity index (χ1v) is 22.5. The summed E-state index contributed by atoms with van der Waals surface area (Å²) in [6, 6.07) is 41.8. The van der Waals surface area contributed by atoms with Gasteiger partial charge >= 0.3 is 0 Å². The number of phenols is 1. The Morgan fingerprint density at radius 3 is 2.08 bits per heavy atom. The first kappa shape index (κ1) is 43.0. The average molecular weight is 833 g/mol. The van der Waals surface area contributed by atoms with Crippen LogP contribution in [0.15, 0.2) is 139 Å². The van der Waals surface area contributed by atoms with Crippen molar-refractivity contribution in [1.29, 1.82) is 0 Å². The van der Waals surface area contributed by atoms with Crippen LogP contribution in [-0.4, -0.2) is 72.7 Å². The molecule has 0 unspecified atom stereocenters. The Morgan fingerprint density at radius 2 is 1.40 bits per heavy atom. The lowest BCUT2D eigenvalue weighted by atomic mass is 9.73. The molecular weight excluding hydrogens is 773 g/mol. The number of pyridine rings is 1. The molecule has 62 heavy (non-hydrogen) atoms. The second-order valence-corrected chi connectivity index (χ2v) is 17.2. The van der Waals surface area contributed by atoms with Crippen LogP contribution in [0.25, 0.3) is 21.7 Å². The molecule has 1 aliphatic heterocycles. The predicted molar refractivity (Wildman–Crippen MR) is 247 cm³/mol. The third kappa shape index (κ3) is 10.5. The van der Waals surface area contributed by atoms with E-state index in [-0.39, 0.29) is 17.2 Å². The van der Waals surface area contributed by atoms with Crippen LogP contribution < -0.4 is 10.9 Å². The molecule has 1 saturated carbocycles. The predicted octanol–water partition coefficient (Wildman–Crippen LogP) is 8.30. The molecule has 2 fully saturated rings. The van der Waals surface area contributed by atoms with Gasteiger partial charge in [-0.15, -0.1) is 0 Å². The lowest BCUT2D eigenvalue weighted by molar-refractivity contribution is -0.00865. The standard InChI is InChI=1S/C42H52N6O4.C10H8/c49-37-17-15-35(36-16-18-39(51)45-40(36)37)38(50)27-43-23-19-30-11-13-31(14-12-30)20-24-47-25-21-32(22-26-47)28-48-29-44-41(46-48)42(52,33-7-3-1-4-8-33)34-9-5-2-6-10-34;1-2-6-10-8-4-3-7-9(10)5-1/h1,3-4,7-8,11-18,29,32,34,38,43,49-50,52H,2,5-6,9-10,19-28H2,(H,45,51);1-8H/t38-,42-;/m0./s1. The number of aromatic hydroxyl groups is 1. The summed E-state index contributed by atoms with van der Waals surface area (Å²) in [6.45, 7) is 5.13. The zero-order valence-electron chi connectivity index (χ0n) is 35.6. The van der Waals surface area contributed by atoms with E-state index >= 15 is 0 Å². The van der Waals surface area contributed by atoms with Gasteiger partial charge < -0.3 is 30.5 Å². The van der Waals surface area contributed by atoms with Gasteiger partial charge in [0.1, 0.15) is 12.1 Å². The lowest BCUT2D eigenvalue weighted by Gasteiger charge is -2.37. The summed E-state index contributed by atoms with van der Waals surface area (Å²) in [6.07, 6.45) is 10.7. The van der Waals surface area contributed by atoms with Gasteiger partial charge in [-0.25, -0.2) is 4.98 Å². The van der Waals surface area contributed by atoms with Gasteiger partial charge in [-0.2, -0.15) is 5.10 Å². The quantitative estimate of drug-likeness (QED) is 0.0691. The van der Waals surface area contributed by atoms with Crippen molar-refractivity contribution in [3.63, 3.8) is 0 Å². The normalized spacial score (nSPS) is 16.7. The summed E-state index contributed by atoms with van der Waals surface area (Å²) in [5, 5.41) is 44.6. The van der Waals surface area contributed by atoms with Crippen LogP contribution in [0.3, 0.4) is 0 Å². The molecule has 322 valence electrons. The monoisotopic (exact) mass is 832 g/mol. The molecule has 0 radical (unpaired) electrons. The summed E-state index contributed by atoms with van der Waals surface area (Å²) in [7, 11) is 0. The number of nitrogens with one attached hydrogen (secondary N) is 2. The van der Waals surface area contributed by atoms with Gasteiger partial charge in [0.25, 0.3) is 0 Å². The Bertz CT molecular complexity index is 2480. The summed E-state index contributed by atoms with van der Waals surface area (Å²) >= 11 is 0. The maximum Gasteiger partial charge on any atom is 0.248 e. The molecule has 7 aromatic rings. The number of fused-ring (bicyclic) bond motifs is 2. The molecule has 0 amide bonds. The van der Waals surface area contributed by atoms with Crippen molar-refractivity contribution in [2.24, 2.45) is 11.8 Å². The Kier molecular flexibility index (Phi) is 14.2. The number of benzene rings is 5. The van der Waals surface area contributed by atoms with E-state index in [4.69, 9.17) is 10.1 Å². The van der Waals surface area contributed by atoms with Crippen molar-refractivity contribution >= 4 is 21.7 Å². The van der Waals surface area contributed by atoms with E-state index in [1.54, 1.807) is 12.1 Å². The number of aromatic amines is 1. The second-order valence-electron chi connectivity index (χ2n) is 17.2. The van der Waals surface area contributed by atoms with Crippen LogP contribution in [0, 0.1) is 11.8 Å². The Morgan fingerprint density at radius 1 is 0.758 bits per heavy atom. The van der Waals surface area contributed by atoms with E-state index in [1.807, 2.05) is 41.3 Å². The van der Waals surface area contributed by atoms with E-state index in [0.717, 1.165) is 89.7 Å². The molecular formula is C52H60N6O4. The fourth-order valence-electron chi connectivity index (χ4n) is 9.40. The Labute approximate surface area is 364 Å². The largest absolute Gasteiger partial charge is 0.506 e. The maximum absolute atomic E-state index is 12.2. The van der Waals surface area contributed by atoms with Crippen molar-refractivity contribution in [2.45, 2.75) is 76.0 Å². The number of hydrogen-bond acceptors (Lipinski definition) is 8. The molecule has 2 aliphatic rings. The number of rotatable bonds is 14. The van der Waals surface area contributed by atoms with Crippen molar-refractivity contribution in [2.75, 3.05) is 32.7 Å². The van der Waals surface area contributed by atoms with Crippen molar-refractivity contribution in [3.05, 3.63) is 172 Å². The van der Waals surface area contributed by atoms with E-state index in [9.17, 15) is 20.1 Å². The molecule has 1 aliphatic carbocycles. The molecule has 2 atom stereocenters. The van der Waals surface area contributed by atoms with Gasteiger partial charge in [-0.1, -0.05) is 128 Å². The highest BCUT2D eigenvalue weighted by molar-refractivity contribution is 5.87. The fourth-order valence-corrected chi connectivity index (χ4v) is 9.40. The smallest absolute Gasteiger partial charge is 0.248 e. The van der Waals surface area contributed by atoms with Gasteiger partial charge in [0.05, 0.1) is 11.6 Å². The summed E-state index contributed by atoms with van der Waals surface area (Å²) in [5.74, 6) is 1.22. The van der Waals surface area contributed by atoms with Crippen molar-refractivity contribution in [3.8, 4) is 5.75 Å². The molecule has 5 aromatic carbocycles. The highest BCUT2D eigenvalue weighted by atomic mass is 16.3. The number of aromatic nitrogens is 4. The minimum atomic E-state index is -1.15. The van der Waals surface area contributed by atoms with E-state index < -0.39 is 11.7 Å². The van der Waals surface area contributed by atoms with Gasteiger partial charge in [0, 0.05) is 31.1 Å². The lowest BCUT2D eigenvalue weighted by Crippen LogP contribution is -2.39. The molecule has 0 spiro atoms. The molecule has 0 bridgehead atoms. The first-order valence-electron chi connectivity index (χ1n) is 22.5. The van der Waals surface area contributed by atoms with Crippen LogP contribution in [0.4, 0.5) is 0 Å². The van der Waals surface area contributed by atoms with Crippen LogP contribution in [-0.2, 0) is 25.0 Å². The third-order valence-electron chi connectivity index (χ3n) is 13.0. The van der Waals surface area contributed by atoms with E-state index in [2.05, 4.69) is 88.0 Å². The minimum Gasteiger partial charge on any atom is -0.506 e. The zero-order valence-corrected chi connectivity index (χ0v) is 35.6. The number of nitrogens with zero attached hydrogens (tertiary/aromatic N) is 4. The molecule has 2 aromatic heterocycles. The van der Waals surface area contributed by atoms with Crippen LogP contribution >= 0.6 is 0 Å². The number of aliphatic hydroxyl groups excluding tert-OH is 1. The highest BCUT2D eigenvalue weighted by Gasteiger charge is 2.44. The summed E-state index contributed by atoms with van der Waals surface area (Å²) in [4.78, 5) is 21.6. The van der Waals surface area contributed by atoms with Crippen LogP contribution in [0.2, 0.25) is 0 Å². The van der Waals surface area contributed by atoms with Crippen LogP contribution in [0.5, 0.6) is 5.75 Å². The third-order valence-corrected chi connectivity index (χ3v) is 13.0. The van der Waals surface area contributed by atoms with Crippen molar-refractivity contribution < 1.29 is 15.3 Å². The van der Waals surface area contributed by atoms with E-state index in [0.29, 0.717) is 34.8 Å². The molecule has 10 heteroatoms. The minimum absolute atomic E-state index is 0.0118. The second kappa shape index (κ2) is 20.5. The average Bonchev–Trinajstić information content (AvgIpc) is 3.80. The number of piperidine rings is 1. The number of phenolic OH excluding ortho intramolecular Hbond substituents is 1. The maximum atomic E-state index is 12.2. The van der Waals surface area contributed by atoms with Crippen molar-refractivity contribution in [1.82, 2.24) is 30.0 Å². The first-order chi connectivity index (χ1) is 30.3.